The van der Waals surface area contributed by atoms with E-state index in [-0.39, 0.29) is 18.5 Å². The van der Waals surface area contributed by atoms with Gasteiger partial charge in [0.05, 0.1) is 5.92 Å². The van der Waals surface area contributed by atoms with Crippen LogP contribution in [0.1, 0.15) is 5.56 Å². The van der Waals surface area contributed by atoms with Crippen molar-refractivity contribution < 1.29 is 13.6 Å². The lowest BCUT2D eigenvalue weighted by Crippen LogP contribution is -2.31. The summed E-state index contributed by atoms with van der Waals surface area (Å²) >= 11 is 0. The van der Waals surface area contributed by atoms with E-state index in [0.29, 0.717) is 0 Å². The van der Waals surface area contributed by atoms with E-state index in [1.54, 1.807) is 0 Å². The van der Waals surface area contributed by atoms with Crippen molar-refractivity contribution >= 4 is 5.91 Å². The maximum Gasteiger partial charge on any atom is 0.222 e. The predicted octanol–water partition coefficient (Wildman–Crippen LogP) is 0.567. The zero-order valence-corrected chi connectivity index (χ0v) is 8.04. The van der Waals surface area contributed by atoms with E-state index in [2.05, 4.69) is 0 Å². The molecule has 0 aromatic heterocycles. The van der Waals surface area contributed by atoms with Crippen molar-refractivity contribution in [1.29, 1.82) is 0 Å². The number of hydrogen-bond acceptors (Lipinski definition) is 2. The molecule has 0 saturated heterocycles. The first kappa shape index (κ1) is 11.6. The fraction of sp³-hybridized carbons (Fsp3) is 0.300. The van der Waals surface area contributed by atoms with Crippen LogP contribution >= 0.6 is 0 Å². The molecule has 0 heterocycles. The van der Waals surface area contributed by atoms with Gasteiger partial charge in [0, 0.05) is 6.54 Å². The van der Waals surface area contributed by atoms with Gasteiger partial charge >= 0.3 is 0 Å². The largest absolute Gasteiger partial charge is 0.369 e. The van der Waals surface area contributed by atoms with E-state index in [1.807, 2.05) is 0 Å². The van der Waals surface area contributed by atoms with Gasteiger partial charge in [-0.05, 0) is 30.2 Å². The number of rotatable bonds is 4. The first-order valence-corrected chi connectivity index (χ1v) is 4.48. The summed E-state index contributed by atoms with van der Waals surface area (Å²) in [6.07, 6.45) is 0.0232. The molecule has 0 aliphatic heterocycles. The highest BCUT2D eigenvalue weighted by Crippen LogP contribution is 2.14. The second-order valence-corrected chi connectivity index (χ2v) is 3.27. The molecule has 1 atom stereocenters. The maximum absolute atomic E-state index is 13.2. The van der Waals surface area contributed by atoms with Crippen molar-refractivity contribution in [1.82, 2.24) is 0 Å². The normalized spacial score (nSPS) is 12.5. The monoisotopic (exact) mass is 214 g/mol. The third-order valence-electron chi connectivity index (χ3n) is 2.16. The molecule has 0 saturated carbocycles. The molecular weight excluding hydrogens is 202 g/mol. The Hall–Kier alpha value is -1.49. The van der Waals surface area contributed by atoms with E-state index in [1.165, 1.54) is 0 Å². The van der Waals surface area contributed by atoms with Gasteiger partial charge in [0.2, 0.25) is 5.91 Å². The molecular formula is C10H12F2N2O. The van der Waals surface area contributed by atoms with Gasteiger partial charge < -0.3 is 11.5 Å². The highest BCUT2D eigenvalue weighted by Gasteiger charge is 2.16. The van der Waals surface area contributed by atoms with Crippen LogP contribution in [-0.4, -0.2) is 12.5 Å². The van der Waals surface area contributed by atoms with Crippen LogP contribution in [0.25, 0.3) is 0 Å². The van der Waals surface area contributed by atoms with E-state index in [9.17, 15) is 13.6 Å². The second-order valence-electron chi connectivity index (χ2n) is 3.27. The van der Waals surface area contributed by atoms with E-state index in [4.69, 9.17) is 11.5 Å². The fourth-order valence-corrected chi connectivity index (χ4v) is 1.27. The lowest BCUT2D eigenvalue weighted by Gasteiger charge is -2.11. The van der Waals surface area contributed by atoms with Crippen molar-refractivity contribution in [2.24, 2.45) is 17.4 Å². The number of amides is 1. The van der Waals surface area contributed by atoms with Crippen molar-refractivity contribution in [3.63, 3.8) is 0 Å². The maximum atomic E-state index is 13.2. The number of halogens is 2. The Morgan fingerprint density at radius 1 is 1.40 bits per heavy atom. The first-order valence-electron chi connectivity index (χ1n) is 4.48. The number of primary amides is 1. The number of carbonyl (C=O) groups excluding carboxylic acids is 1. The Kier molecular flexibility index (Phi) is 3.74. The Morgan fingerprint density at radius 2 is 2.07 bits per heavy atom. The van der Waals surface area contributed by atoms with Crippen LogP contribution in [0.5, 0.6) is 0 Å². The Bertz CT molecular complexity index is 368. The van der Waals surface area contributed by atoms with Crippen molar-refractivity contribution in [2.45, 2.75) is 6.42 Å². The smallest absolute Gasteiger partial charge is 0.222 e. The molecule has 1 unspecified atom stereocenters. The van der Waals surface area contributed by atoms with Crippen molar-refractivity contribution in [2.75, 3.05) is 6.54 Å². The number of nitrogens with two attached hydrogens (primary N) is 2. The van der Waals surface area contributed by atoms with E-state index in [0.717, 1.165) is 18.2 Å². The van der Waals surface area contributed by atoms with Gasteiger partial charge in [-0.3, -0.25) is 4.79 Å². The third kappa shape index (κ3) is 2.99. The molecule has 1 aromatic carbocycles. The van der Waals surface area contributed by atoms with Crippen LogP contribution in [0.4, 0.5) is 8.78 Å². The minimum Gasteiger partial charge on any atom is -0.369 e. The Balaban J connectivity index is 2.87. The highest BCUT2D eigenvalue weighted by atomic mass is 19.1. The molecule has 0 radical (unpaired) electrons. The second kappa shape index (κ2) is 4.84. The zero-order chi connectivity index (χ0) is 11.4. The predicted molar refractivity (Wildman–Crippen MR) is 51.8 cm³/mol. The summed E-state index contributed by atoms with van der Waals surface area (Å²) < 4.78 is 26.0. The minimum absolute atomic E-state index is 0.0191. The molecule has 4 N–H and O–H groups in total. The summed E-state index contributed by atoms with van der Waals surface area (Å²) in [5, 5.41) is 0. The lowest BCUT2D eigenvalue weighted by molar-refractivity contribution is -0.121. The van der Waals surface area contributed by atoms with Gasteiger partial charge in [-0.25, -0.2) is 8.78 Å². The average molecular weight is 214 g/mol. The van der Waals surface area contributed by atoms with Gasteiger partial charge in [0.1, 0.15) is 11.6 Å². The topological polar surface area (TPSA) is 69.1 Å². The highest BCUT2D eigenvalue weighted by molar-refractivity contribution is 5.77. The van der Waals surface area contributed by atoms with Gasteiger partial charge in [0.25, 0.3) is 0 Å². The quantitative estimate of drug-likeness (QED) is 0.769. The summed E-state index contributed by atoms with van der Waals surface area (Å²) in [5.74, 6) is -2.38. The minimum atomic E-state index is -0.665. The summed E-state index contributed by atoms with van der Waals surface area (Å²) in [6.45, 7) is 0.0191. The first-order chi connectivity index (χ1) is 7.04. The standard InChI is InChI=1S/C10H12F2N2O/c11-8-1-2-9(12)6(4-8)3-7(5-13)10(14)15/h1-2,4,7H,3,5,13H2,(H2,14,15). The number of carbonyl (C=O) groups is 1. The zero-order valence-electron chi connectivity index (χ0n) is 8.04. The summed E-state index contributed by atoms with van der Waals surface area (Å²) in [5.41, 5.74) is 10.5. The summed E-state index contributed by atoms with van der Waals surface area (Å²) in [7, 11) is 0. The molecule has 1 rings (SSSR count). The van der Waals surface area contributed by atoms with Gasteiger partial charge in [0.15, 0.2) is 0 Å². The van der Waals surface area contributed by atoms with Crippen LogP contribution in [0, 0.1) is 17.6 Å². The number of benzene rings is 1. The van der Waals surface area contributed by atoms with Gasteiger partial charge in [-0.1, -0.05) is 0 Å². The third-order valence-corrected chi connectivity index (χ3v) is 2.16. The molecule has 1 amide bonds. The molecule has 0 bridgehead atoms. The molecule has 1 aromatic rings. The molecule has 0 fully saturated rings. The fourth-order valence-electron chi connectivity index (χ4n) is 1.27. The summed E-state index contributed by atoms with van der Waals surface area (Å²) in [4.78, 5) is 10.9. The van der Waals surface area contributed by atoms with Gasteiger partial charge in [-0.15, -0.1) is 0 Å². The van der Waals surface area contributed by atoms with Crippen molar-refractivity contribution in [3.8, 4) is 0 Å². The molecule has 5 heteroatoms. The van der Waals surface area contributed by atoms with E-state index < -0.39 is 23.5 Å². The molecule has 3 nitrogen and oxygen atoms in total. The SMILES string of the molecule is NCC(Cc1cc(F)ccc1F)C(N)=O. The molecule has 0 spiro atoms. The van der Waals surface area contributed by atoms with Crippen LogP contribution < -0.4 is 11.5 Å². The lowest BCUT2D eigenvalue weighted by atomic mass is 9.98. The average Bonchev–Trinajstić information content (AvgIpc) is 2.18. The molecule has 82 valence electrons. The van der Waals surface area contributed by atoms with E-state index >= 15 is 0 Å². The van der Waals surface area contributed by atoms with Crippen LogP contribution in [-0.2, 0) is 11.2 Å². The summed E-state index contributed by atoms with van der Waals surface area (Å²) in [6, 6.07) is 3.07. The van der Waals surface area contributed by atoms with Crippen molar-refractivity contribution in [3.05, 3.63) is 35.4 Å². The molecule has 0 aliphatic carbocycles. The van der Waals surface area contributed by atoms with Crippen LogP contribution in [0.2, 0.25) is 0 Å². The Morgan fingerprint density at radius 3 is 2.60 bits per heavy atom. The van der Waals surface area contributed by atoms with Crippen LogP contribution in [0.3, 0.4) is 0 Å². The molecule has 15 heavy (non-hydrogen) atoms. The Labute approximate surface area is 86.1 Å². The van der Waals surface area contributed by atoms with Gasteiger partial charge in [-0.2, -0.15) is 0 Å². The van der Waals surface area contributed by atoms with Crippen LogP contribution in [0.15, 0.2) is 18.2 Å². The number of hydrogen-bond donors (Lipinski definition) is 2. The molecule has 0 aliphatic rings.